The Bertz CT molecular complexity index is 366. The van der Waals surface area contributed by atoms with Crippen molar-refractivity contribution in [3.05, 3.63) is 24.3 Å². The Balaban J connectivity index is 4.85. The highest BCUT2D eigenvalue weighted by Crippen LogP contribution is 2.50. The first-order valence-corrected chi connectivity index (χ1v) is 6.21. The molecule has 6 nitrogen and oxygen atoms in total. The van der Waals surface area contributed by atoms with Crippen molar-refractivity contribution in [3.8, 4) is 0 Å². The molecular formula is C10H15O6P. The number of rotatable bonds is 6. The summed E-state index contributed by atoms with van der Waals surface area (Å²) >= 11 is 0. The highest BCUT2D eigenvalue weighted by Gasteiger charge is 2.35. The summed E-state index contributed by atoms with van der Waals surface area (Å²) in [6.07, 6.45) is 0. The molecule has 0 spiro atoms. The topological polar surface area (TPSA) is 78.9 Å². The van der Waals surface area contributed by atoms with Crippen LogP contribution < -0.4 is 0 Å². The van der Waals surface area contributed by atoms with Gasteiger partial charge in [0.1, 0.15) is 0 Å². The van der Waals surface area contributed by atoms with E-state index >= 15 is 0 Å². The molecule has 0 aromatic heterocycles. The molecule has 96 valence electrons. The fourth-order valence-electron chi connectivity index (χ4n) is 0.588. The van der Waals surface area contributed by atoms with Crippen LogP contribution in [0, 0.1) is 0 Å². The van der Waals surface area contributed by atoms with E-state index in [1.165, 1.54) is 20.8 Å². The number of hydrogen-bond donors (Lipinski definition) is 0. The molecule has 0 aromatic carbocycles. The van der Waals surface area contributed by atoms with Gasteiger partial charge in [-0.2, -0.15) is 0 Å². The van der Waals surface area contributed by atoms with Gasteiger partial charge in [-0.05, 0) is 20.8 Å². The molecule has 0 rings (SSSR count). The van der Waals surface area contributed by atoms with E-state index in [-0.39, 0.29) is 17.8 Å². The van der Waals surface area contributed by atoms with Gasteiger partial charge in [-0.15, -0.1) is 0 Å². The van der Waals surface area contributed by atoms with Crippen LogP contribution in [0.4, 0.5) is 0 Å². The number of carbonyl (C=O) groups is 2. The molecule has 0 amide bonds. The first kappa shape index (κ1) is 15.6. The van der Waals surface area contributed by atoms with Gasteiger partial charge < -0.3 is 9.05 Å². The number of hydrogen-bond acceptors (Lipinski definition) is 6. The summed E-state index contributed by atoms with van der Waals surface area (Å²) in [6, 6.07) is 0. The molecular weight excluding hydrogens is 247 g/mol. The molecule has 0 unspecified atom stereocenters. The number of phosphoric ester groups is 1. The van der Waals surface area contributed by atoms with Crippen molar-refractivity contribution in [2.24, 2.45) is 0 Å². The average molecular weight is 262 g/mol. The fourth-order valence-corrected chi connectivity index (χ4v) is 1.77. The van der Waals surface area contributed by atoms with Crippen LogP contribution >= 0.6 is 7.82 Å². The van der Waals surface area contributed by atoms with Gasteiger partial charge in [0, 0.05) is 11.1 Å². The first-order chi connectivity index (χ1) is 7.72. The van der Waals surface area contributed by atoms with Gasteiger partial charge in [-0.25, -0.2) is 14.2 Å². The van der Waals surface area contributed by atoms with Crippen LogP contribution in [0.25, 0.3) is 0 Å². The van der Waals surface area contributed by atoms with E-state index in [0.29, 0.717) is 0 Å². The molecule has 0 atom stereocenters. The van der Waals surface area contributed by atoms with E-state index in [2.05, 4.69) is 26.7 Å². The summed E-state index contributed by atoms with van der Waals surface area (Å²) in [5.74, 6) is -1.92. The van der Waals surface area contributed by atoms with Crippen LogP contribution in [0.2, 0.25) is 0 Å². The van der Waals surface area contributed by atoms with E-state index in [4.69, 9.17) is 0 Å². The van der Waals surface area contributed by atoms with Crippen LogP contribution in [0.15, 0.2) is 24.3 Å². The predicted octanol–water partition coefficient (Wildman–Crippen LogP) is 2.37. The first-order valence-electron chi connectivity index (χ1n) is 4.75. The summed E-state index contributed by atoms with van der Waals surface area (Å²) in [5, 5.41) is 0. The van der Waals surface area contributed by atoms with Crippen molar-refractivity contribution in [2.75, 3.05) is 6.61 Å². The van der Waals surface area contributed by atoms with Crippen molar-refractivity contribution >= 4 is 19.8 Å². The van der Waals surface area contributed by atoms with E-state index < -0.39 is 19.8 Å². The van der Waals surface area contributed by atoms with Crippen molar-refractivity contribution < 1.29 is 27.7 Å². The summed E-state index contributed by atoms with van der Waals surface area (Å²) < 4.78 is 25.5. The van der Waals surface area contributed by atoms with Gasteiger partial charge in [0.25, 0.3) is 0 Å². The lowest BCUT2D eigenvalue weighted by atomic mass is 10.4. The Kier molecular flexibility index (Phi) is 5.85. The highest BCUT2D eigenvalue weighted by molar-refractivity contribution is 7.49. The lowest BCUT2D eigenvalue weighted by molar-refractivity contribution is -0.136. The Morgan fingerprint density at radius 1 is 1.06 bits per heavy atom. The average Bonchev–Trinajstić information content (AvgIpc) is 2.16. The van der Waals surface area contributed by atoms with Crippen LogP contribution in [-0.4, -0.2) is 18.5 Å². The minimum atomic E-state index is -4.26. The smallest absolute Gasteiger partial charge is 0.358 e. The zero-order valence-corrected chi connectivity index (χ0v) is 10.9. The molecule has 0 N–H and O–H groups in total. The number of carbonyl (C=O) groups excluding carboxylic acids is 2. The zero-order chi connectivity index (χ0) is 13.6. The van der Waals surface area contributed by atoms with Gasteiger partial charge in [0.2, 0.25) is 0 Å². The lowest BCUT2D eigenvalue weighted by Crippen LogP contribution is -2.11. The van der Waals surface area contributed by atoms with Gasteiger partial charge in [0.05, 0.1) is 6.61 Å². The monoisotopic (exact) mass is 262 g/mol. The summed E-state index contributed by atoms with van der Waals surface area (Å²) in [7, 11) is -4.26. The Hall–Kier alpha value is -1.39. The molecule has 0 aliphatic rings. The maximum atomic E-state index is 11.9. The second kappa shape index (κ2) is 6.37. The van der Waals surface area contributed by atoms with Crippen molar-refractivity contribution in [1.82, 2.24) is 0 Å². The van der Waals surface area contributed by atoms with E-state index in [9.17, 15) is 14.2 Å². The third-order valence-electron chi connectivity index (χ3n) is 1.37. The summed E-state index contributed by atoms with van der Waals surface area (Å²) in [6.45, 7) is 10.8. The normalized spacial score (nSPS) is 10.5. The SMILES string of the molecule is C=C(C)C(=O)OP(=O)(OCC)OC(=O)C(=C)C. The molecule has 17 heavy (non-hydrogen) atoms. The molecule has 0 aliphatic heterocycles. The zero-order valence-electron chi connectivity index (χ0n) is 10.0. The van der Waals surface area contributed by atoms with Gasteiger partial charge in [-0.3, -0.25) is 4.52 Å². The fraction of sp³-hybridized carbons (Fsp3) is 0.400. The number of phosphoric acid groups is 1. The molecule has 0 saturated carbocycles. The standard InChI is InChI=1S/C10H15O6P/c1-6-14-17(13,15-9(11)7(2)3)16-10(12)8(4)5/h2,4,6H2,1,3,5H3. The third kappa shape index (κ3) is 5.47. The van der Waals surface area contributed by atoms with Crippen LogP contribution in [0.3, 0.4) is 0 Å². The predicted molar refractivity (Wildman–Crippen MR) is 61.0 cm³/mol. The van der Waals surface area contributed by atoms with E-state index in [1.807, 2.05) is 0 Å². The van der Waals surface area contributed by atoms with Gasteiger partial charge >= 0.3 is 19.8 Å². The van der Waals surface area contributed by atoms with Crippen molar-refractivity contribution in [1.29, 1.82) is 0 Å². The summed E-state index contributed by atoms with van der Waals surface area (Å²) in [5.41, 5.74) is 0.0209. The maximum Gasteiger partial charge on any atom is 0.592 e. The van der Waals surface area contributed by atoms with E-state index in [1.54, 1.807) is 0 Å². The van der Waals surface area contributed by atoms with Crippen LogP contribution in [0.5, 0.6) is 0 Å². The quantitative estimate of drug-likeness (QED) is 0.540. The van der Waals surface area contributed by atoms with Crippen molar-refractivity contribution in [3.63, 3.8) is 0 Å². The minimum absolute atomic E-state index is 0.0105. The Morgan fingerprint density at radius 2 is 1.41 bits per heavy atom. The second-order valence-corrected chi connectivity index (χ2v) is 4.70. The molecule has 0 heterocycles. The molecule has 0 aromatic rings. The van der Waals surface area contributed by atoms with Crippen molar-refractivity contribution in [2.45, 2.75) is 20.8 Å². The molecule has 7 heteroatoms. The molecule has 0 fully saturated rings. The maximum absolute atomic E-state index is 11.9. The molecule has 0 radical (unpaired) electrons. The molecule has 0 aliphatic carbocycles. The minimum Gasteiger partial charge on any atom is -0.358 e. The van der Waals surface area contributed by atoms with Crippen LogP contribution in [-0.2, 0) is 27.7 Å². The third-order valence-corrected chi connectivity index (χ3v) is 2.73. The van der Waals surface area contributed by atoms with Gasteiger partial charge in [0.15, 0.2) is 0 Å². The Morgan fingerprint density at radius 3 is 1.65 bits per heavy atom. The Labute approximate surface area is 99.9 Å². The summed E-state index contributed by atoms with van der Waals surface area (Å²) in [4.78, 5) is 22.4. The highest BCUT2D eigenvalue weighted by atomic mass is 31.2. The molecule has 0 bridgehead atoms. The lowest BCUT2D eigenvalue weighted by Gasteiger charge is -2.15. The van der Waals surface area contributed by atoms with Gasteiger partial charge in [-0.1, -0.05) is 13.2 Å². The molecule has 0 saturated heterocycles. The van der Waals surface area contributed by atoms with E-state index in [0.717, 1.165) is 0 Å². The van der Waals surface area contributed by atoms with Crippen LogP contribution in [0.1, 0.15) is 20.8 Å². The second-order valence-electron chi connectivity index (χ2n) is 3.18. The largest absolute Gasteiger partial charge is 0.592 e.